The number of benzene rings is 2. The fourth-order valence-corrected chi connectivity index (χ4v) is 3.11. The van der Waals surface area contributed by atoms with E-state index in [1.54, 1.807) is 7.11 Å². The number of nitrogens with one attached hydrogen (secondary N) is 1. The Labute approximate surface area is 135 Å². The summed E-state index contributed by atoms with van der Waals surface area (Å²) in [6.45, 7) is 2.06. The van der Waals surface area contributed by atoms with Gasteiger partial charge in [0.05, 0.1) is 18.4 Å². The molecule has 4 rings (SSSR count). The van der Waals surface area contributed by atoms with Crippen LogP contribution < -0.4 is 4.74 Å². The number of aromatic amines is 1. The van der Waals surface area contributed by atoms with Crippen LogP contribution in [0.2, 0.25) is 0 Å². The molecule has 2 aromatic carbocycles. The highest BCUT2D eigenvalue weighted by atomic mass is 16.5. The number of aromatic nitrogens is 1. The number of rotatable bonds is 4. The minimum Gasteiger partial charge on any atom is -0.497 e. The third-order valence-electron chi connectivity index (χ3n) is 4.51. The van der Waals surface area contributed by atoms with Crippen LogP contribution in [-0.4, -0.2) is 17.9 Å². The Kier molecular flexibility index (Phi) is 3.22. The van der Waals surface area contributed by atoms with Crippen molar-refractivity contribution in [1.82, 2.24) is 4.98 Å². The van der Waals surface area contributed by atoms with E-state index >= 15 is 0 Å². The van der Waals surface area contributed by atoms with Crippen molar-refractivity contribution in [3.63, 3.8) is 0 Å². The van der Waals surface area contributed by atoms with Crippen LogP contribution in [0.15, 0.2) is 42.5 Å². The second-order valence-electron chi connectivity index (χ2n) is 6.29. The SMILES string of the molecule is COc1cccc(-c2[nH]c3ccc(C)cc3c2C(=O)C2CC2)c1. The zero-order chi connectivity index (χ0) is 16.0. The highest BCUT2D eigenvalue weighted by molar-refractivity contribution is 6.15. The Morgan fingerprint density at radius 2 is 2.00 bits per heavy atom. The molecular formula is C20H19NO2. The number of hydrogen-bond acceptors (Lipinski definition) is 2. The summed E-state index contributed by atoms with van der Waals surface area (Å²) in [5, 5.41) is 1.03. The fourth-order valence-electron chi connectivity index (χ4n) is 3.11. The number of fused-ring (bicyclic) bond motifs is 1. The third-order valence-corrected chi connectivity index (χ3v) is 4.51. The van der Waals surface area contributed by atoms with Crippen LogP contribution in [0.5, 0.6) is 5.75 Å². The van der Waals surface area contributed by atoms with Gasteiger partial charge in [-0.2, -0.15) is 0 Å². The number of carbonyl (C=O) groups excluding carboxylic acids is 1. The first-order valence-corrected chi connectivity index (χ1v) is 7.98. The summed E-state index contributed by atoms with van der Waals surface area (Å²) in [6, 6.07) is 14.1. The van der Waals surface area contributed by atoms with Gasteiger partial charge in [0.1, 0.15) is 5.75 Å². The van der Waals surface area contributed by atoms with E-state index in [1.165, 1.54) is 5.56 Å². The molecule has 0 atom stereocenters. The van der Waals surface area contributed by atoms with E-state index in [9.17, 15) is 4.79 Å². The molecule has 0 radical (unpaired) electrons. The van der Waals surface area contributed by atoms with Crippen molar-refractivity contribution in [2.24, 2.45) is 5.92 Å². The van der Waals surface area contributed by atoms with Crippen molar-refractivity contribution in [2.75, 3.05) is 7.11 Å². The number of aryl methyl sites for hydroxylation is 1. The van der Waals surface area contributed by atoms with Gasteiger partial charge in [-0.15, -0.1) is 0 Å². The minimum absolute atomic E-state index is 0.193. The van der Waals surface area contributed by atoms with Crippen LogP contribution in [0.1, 0.15) is 28.8 Å². The molecule has 1 aliphatic carbocycles. The van der Waals surface area contributed by atoms with Crippen molar-refractivity contribution in [3.05, 3.63) is 53.6 Å². The van der Waals surface area contributed by atoms with E-state index in [4.69, 9.17) is 4.74 Å². The van der Waals surface area contributed by atoms with Gasteiger partial charge in [0.15, 0.2) is 5.78 Å². The molecule has 23 heavy (non-hydrogen) atoms. The summed E-state index contributed by atoms with van der Waals surface area (Å²) < 4.78 is 5.33. The minimum atomic E-state index is 0.193. The van der Waals surface area contributed by atoms with E-state index in [2.05, 4.69) is 30.1 Å². The van der Waals surface area contributed by atoms with Gasteiger partial charge in [0.25, 0.3) is 0 Å². The Bertz CT molecular complexity index is 903. The van der Waals surface area contributed by atoms with Gasteiger partial charge in [-0.3, -0.25) is 4.79 Å². The molecule has 1 heterocycles. The van der Waals surface area contributed by atoms with Gasteiger partial charge in [-0.25, -0.2) is 0 Å². The van der Waals surface area contributed by atoms with Gasteiger partial charge in [0, 0.05) is 22.4 Å². The molecule has 0 unspecified atom stereocenters. The first-order valence-electron chi connectivity index (χ1n) is 7.98. The number of ether oxygens (including phenoxy) is 1. The molecule has 1 saturated carbocycles. The molecule has 116 valence electrons. The van der Waals surface area contributed by atoms with Crippen LogP contribution in [0.25, 0.3) is 22.2 Å². The molecule has 1 N–H and O–H groups in total. The molecule has 1 aliphatic rings. The Balaban J connectivity index is 1.97. The molecule has 0 saturated heterocycles. The molecule has 1 aromatic heterocycles. The number of H-pyrrole nitrogens is 1. The van der Waals surface area contributed by atoms with Gasteiger partial charge < -0.3 is 9.72 Å². The summed E-state index contributed by atoms with van der Waals surface area (Å²) >= 11 is 0. The highest BCUT2D eigenvalue weighted by Gasteiger charge is 2.34. The highest BCUT2D eigenvalue weighted by Crippen LogP contribution is 2.39. The molecule has 0 aliphatic heterocycles. The van der Waals surface area contributed by atoms with Crippen molar-refractivity contribution >= 4 is 16.7 Å². The molecule has 0 bridgehead atoms. The van der Waals surface area contributed by atoms with Crippen molar-refractivity contribution < 1.29 is 9.53 Å². The Hall–Kier alpha value is -2.55. The first kappa shape index (κ1) is 14.1. The zero-order valence-corrected chi connectivity index (χ0v) is 13.3. The van der Waals surface area contributed by atoms with E-state index in [-0.39, 0.29) is 11.7 Å². The quantitative estimate of drug-likeness (QED) is 0.707. The smallest absolute Gasteiger partial charge is 0.168 e. The molecule has 0 spiro atoms. The summed E-state index contributed by atoms with van der Waals surface area (Å²) in [6.07, 6.45) is 2.02. The van der Waals surface area contributed by atoms with E-state index in [1.807, 2.05) is 24.3 Å². The molecule has 1 fully saturated rings. The monoisotopic (exact) mass is 305 g/mol. The van der Waals surface area contributed by atoms with Gasteiger partial charge in [-0.05, 0) is 44.0 Å². The number of methoxy groups -OCH3 is 1. The number of ketones is 1. The number of Topliss-reactive ketones (excluding diaryl/α,β-unsaturated/α-hetero) is 1. The van der Waals surface area contributed by atoms with E-state index in [0.29, 0.717) is 0 Å². The summed E-state index contributed by atoms with van der Waals surface area (Å²) in [4.78, 5) is 16.3. The maximum absolute atomic E-state index is 12.9. The standard InChI is InChI=1S/C20H19NO2/c1-12-6-9-17-16(10-12)18(20(22)13-7-8-13)19(21-17)14-4-3-5-15(11-14)23-2/h3-6,9-11,13,21H,7-8H2,1-2H3. The average Bonchev–Trinajstić information content (AvgIpc) is 3.35. The maximum atomic E-state index is 12.9. The lowest BCUT2D eigenvalue weighted by atomic mass is 9.98. The molecule has 0 amide bonds. The zero-order valence-electron chi connectivity index (χ0n) is 13.3. The van der Waals surface area contributed by atoms with Crippen LogP contribution in [0.3, 0.4) is 0 Å². The van der Waals surface area contributed by atoms with Crippen LogP contribution in [0.4, 0.5) is 0 Å². The second-order valence-corrected chi connectivity index (χ2v) is 6.29. The number of hydrogen-bond donors (Lipinski definition) is 1. The Morgan fingerprint density at radius 3 is 2.74 bits per heavy atom. The van der Waals surface area contributed by atoms with Crippen molar-refractivity contribution in [2.45, 2.75) is 19.8 Å². The number of carbonyl (C=O) groups is 1. The third kappa shape index (κ3) is 2.42. The van der Waals surface area contributed by atoms with Gasteiger partial charge in [-0.1, -0.05) is 23.8 Å². The predicted molar refractivity (Wildman–Crippen MR) is 92.1 cm³/mol. The van der Waals surface area contributed by atoms with Crippen LogP contribution in [0, 0.1) is 12.8 Å². The molecule has 3 aromatic rings. The maximum Gasteiger partial charge on any atom is 0.168 e. The summed E-state index contributed by atoms with van der Waals surface area (Å²) in [7, 11) is 1.66. The predicted octanol–water partition coefficient (Wildman–Crippen LogP) is 4.74. The molecular weight excluding hydrogens is 286 g/mol. The van der Waals surface area contributed by atoms with Crippen LogP contribution >= 0.6 is 0 Å². The second kappa shape index (κ2) is 5.27. The largest absolute Gasteiger partial charge is 0.497 e. The van der Waals surface area contributed by atoms with E-state index in [0.717, 1.165) is 46.3 Å². The summed E-state index contributed by atoms with van der Waals surface area (Å²) in [5.41, 5.74) is 4.90. The topological polar surface area (TPSA) is 42.1 Å². The summed E-state index contributed by atoms with van der Waals surface area (Å²) in [5.74, 6) is 1.25. The fraction of sp³-hybridized carbons (Fsp3) is 0.250. The molecule has 3 heteroatoms. The first-order chi connectivity index (χ1) is 11.2. The lowest BCUT2D eigenvalue weighted by molar-refractivity contribution is 0.0970. The van der Waals surface area contributed by atoms with Crippen molar-refractivity contribution in [1.29, 1.82) is 0 Å². The van der Waals surface area contributed by atoms with Crippen LogP contribution in [-0.2, 0) is 0 Å². The lowest BCUT2D eigenvalue weighted by Crippen LogP contribution is -2.02. The Morgan fingerprint density at radius 1 is 1.17 bits per heavy atom. The average molecular weight is 305 g/mol. The van der Waals surface area contributed by atoms with Gasteiger partial charge >= 0.3 is 0 Å². The lowest BCUT2D eigenvalue weighted by Gasteiger charge is -2.06. The molecule has 3 nitrogen and oxygen atoms in total. The van der Waals surface area contributed by atoms with Gasteiger partial charge in [0.2, 0.25) is 0 Å². The van der Waals surface area contributed by atoms with Crippen molar-refractivity contribution in [3.8, 4) is 17.0 Å². The normalized spacial score (nSPS) is 14.2. The van der Waals surface area contributed by atoms with E-state index < -0.39 is 0 Å².